The SMILES string of the molecule is O=C1CN(Cc2cccc(CN3CCCC3)c2)C(=O)N1c1ccc(-c2cccc3ccccc23)cc1. The van der Waals surface area contributed by atoms with Gasteiger partial charge in [-0.1, -0.05) is 78.9 Å². The number of rotatable bonds is 6. The highest BCUT2D eigenvalue weighted by Crippen LogP contribution is 2.31. The maximum Gasteiger partial charge on any atom is 0.332 e. The van der Waals surface area contributed by atoms with Gasteiger partial charge >= 0.3 is 6.03 Å². The van der Waals surface area contributed by atoms with Crippen molar-refractivity contribution in [2.24, 2.45) is 0 Å². The zero-order valence-electron chi connectivity index (χ0n) is 20.3. The molecule has 4 aromatic carbocycles. The monoisotopic (exact) mass is 475 g/mol. The van der Waals surface area contributed by atoms with Crippen LogP contribution in [0, 0.1) is 0 Å². The maximum atomic E-state index is 13.2. The van der Waals surface area contributed by atoms with Crippen LogP contribution in [0.2, 0.25) is 0 Å². The second kappa shape index (κ2) is 9.59. The molecule has 0 unspecified atom stereocenters. The van der Waals surface area contributed by atoms with Gasteiger partial charge in [0, 0.05) is 13.1 Å². The van der Waals surface area contributed by atoms with Crippen LogP contribution in [-0.2, 0) is 17.9 Å². The fourth-order valence-electron chi connectivity index (χ4n) is 5.44. The van der Waals surface area contributed by atoms with E-state index in [-0.39, 0.29) is 18.5 Å². The third kappa shape index (κ3) is 4.38. The zero-order valence-corrected chi connectivity index (χ0v) is 20.3. The summed E-state index contributed by atoms with van der Waals surface area (Å²) in [6, 6.07) is 30.4. The van der Waals surface area contributed by atoms with Crippen molar-refractivity contribution in [3.63, 3.8) is 0 Å². The van der Waals surface area contributed by atoms with Gasteiger partial charge in [-0.15, -0.1) is 0 Å². The van der Waals surface area contributed by atoms with E-state index in [1.807, 2.05) is 48.5 Å². The summed E-state index contributed by atoms with van der Waals surface area (Å²) < 4.78 is 0. The van der Waals surface area contributed by atoms with Crippen molar-refractivity contribution in [3.05, 3.63) is 102 Å². The van der Waals surface area contributed by atoms with Crippen LogP contribution in [0.3, 0.4) is 0 Å². The molecule has 0 N–H and O–H groups in total. The maximum absolute atomic E-state index is 13.2. The number of carbonyl (C=O) groups is 2. The van der Waals surface area contributed by atoms with Gasteiger partial charge in [0.1, 0.15) is 6.54 Å². The smallest absolute Gasteiger partial charge is 0.310 e. The van der Waals surface area contributed by atoms with E-state index in [2.05, 4.69) is 47.4 Å². The first kappa shape index (κ1) is 22.5. The minimum Gasteiger partial charge on any atom is -0.310 e. The Labute approximate surface area is 211 Å². The number of benzene rings is 4. The summed E-state index contributed by atoms with van der Waals surface area (Å²) in [6.07, 6.45) is 2.53. The molecule has 0 spiro atoms. The Bertz CT molecular complexity index is 1420. The molecule has 2 heterocycles. The van der Waals surface area contributed by atoms with Gasteiger partial charge < -0.3 is 4.90 Å². The quantitative estimate of drug-likeness (QED) is 0.318. The summed E-state index contributed by atoms with van der Waals surface area (Å²) in [7, 11) is 0. The topological polar surface area (TPSA) is 43.9 Å². The number of carbonyl (C=O) groups excluding carboxylic acids is 2. The van der Waals surface area contributed by atoms with Crippen LogP contribution in [0.1, 0.15) is 24.0 Å². The van der Waals surface area contributed by atoms with E-state index in [0.29, 0.717) is 12.2 Å². The van der Waals surface area contributed by atoms with Crippen molar-refractivity contribution in [3.8, 4) is 11.1 Å². The second-order valence-electron chi connectivity index (χ2n) is 9.74. The number of amides is 3. The van der Waals surface area contributed by atoms with E-state index in [4.69, 9.17) is 0 Å². The molecule has 0 bridgehead atoms. The van der Waals surface area contributed by atoms with Crippen molar-refractivity contribution in [1.29, 1.82) is 0 Å². The summed E-state index contributed by atoms with van der Waals surface area (Å²) in [5.74, 6) is -0.189. The molecule has 3 amide bonds. The van der Waals surface area contributed by atoms with Gasteiger partial charge in [0.25, 0.3) is 5.91 Å². The number of nitrogens with zero attached hydrogens (tertiary/aromatic N) is 3. The number of hydrogen-bond acceptors (Lipinski definition) is 3. The highest BCUT2D eigenvalue weighted by atomic mass is 16.2. The van der Waals surface area contributed by atoms with E-state index >= 15 is 0 Å². The first-order chi connectivity index (χ1) is 17.7. The first-order valence-corrected chi connectivity index (χ1v) is 12.7. The van der Waals surface area contributed by atoms with Crippen LogP contribution in [0.5, 0.6) is 0 Å². The second-order valence-corrected chi connectivity index (χ2v) is 9.74. The Morgan fingerprint density at radius 3 is 2.19 bits per heavy atom. The summed E-state index contributed by atoms with van der Waals surface area (Å²) >= 11 is 0. The van der Waals surface area contributed by atoms with Crippen LogP contribution in [-0.4, -0.2) is 41.4 Å². The lowest BCUT2D eigenvalue weighted by atomic mass is 9.98. The molecule has 4 aromatic rings. The molecule has 0 aromatic heterocycles. The Morgan fingerprint density at radius 2 is 1.39 bits per heavy atom. The van der Waals surface area contributed by atoms with E-state index in [0.717, 1.165) is 36.3 Å². The molecule has 5 nitrogen and oxygen atoms in total. The average molecular weight is 476 g/mol. The minimum absolute atomic E-state index is 0.0975. The Kier molecular flexibility index (Phi) is 5.99. The number of anilines is 1. The molecule has 5 heteroatoms. The molecule has 0 aliphatic carbocycles. The lowest BCUT2D eigenvalue weighted by molar-refractivity contribution is -0.116. The number of likely N-dealkylation sites (tertiary alicyclic amines) is 1. The molecule has 36 heavy (non-hydrogen) atoms. The average Bonchev–Trinajstić information content (AvgIpc) is 3.51. The highest BCUT2D eigenvalue weighted by molar-refractivity contribution is 6.19. The number of urea groups is 1. The van der Waals surface area contributed by atoms with Gasteiger partial charge in [-0.25, -0.2) is 9.69 Å². The van der Waals surface area contributed by atoms with Crippen molar-refractivity contribution in [2.75, 3.05) is 24.5 Å². The summed E-state index contributed by atoms with van der Waals surface area (Å²) in [4.78, 5) is 31.5. The largest absolute Gasteiger partial charge is 0.332 e. The Morgan fingerprint density at radius 1 is 0.694 bits per heavy atom. The molecule has 2 fully saturated rings. The molecule has 2 saturated heterocycles. The molecule has 0 atom stereocenters. The van der Waals surface area contributed by atoms with Gasteiger partial charge in [0.15, 0.2) is 0 Å². The predicted octanol–water partition coefficient (Wildman–Crippen LogP) is 6.07. The van der Waals surface area contributed by atoms with Crippen molar-refractivity contribution in [2.45, 2.75) is 25.9 Å². The van der Waals surface area contributed by atoms with Gasteiger partial charge in [0.05, 0.1) is 5.69 Å². The fourth-order valence-corrected chi connectivity index (χ4v) is 5.44. The first-order valence-electron chi connectivity index (χ1n) is 12.7. The van der Waals surface area contributed by atoms with Gasteiger partial charge in [0.2, 0.25) is 0 Å². The van der Waals surface area contributed by atoms with Gasteiger partial charge in [-0.05, 0) is 71.1 Å². The minimum atomic E-state index is -0.261. The predicted molar refractivity (Wildman–Crippen MR) is 144 cm³/mol. The molecule has 0 radical (unpaired) electrons. The van der Waals surface area contributed by atoms with Gasteiger partial charge in [-0.3, -0.25) is 9.69 Å². The highest BCUT2D eigenvalue weighted by Gasteiger charge is 2.37. The van der Waals surface area contributed by atoms with Gasteiger partial charge in [-0.2, -0.15) is 0 Å². The molecule has 2 aliphatic heterocycles. The molecule has 180 valence electrons. The summed E-state index contributed by atoms with van der Waals surface area (Å²) in [5, 5.41) is 2.36. The third-order valence-corrected chi connectivity index (χ3v) is 7.23. The summed E-state index contributed by atoms with van der Waals surface area (Å²) in [5.41, 5.74) is 5.11. The molecule has 0 saturated carbocycles. The third-order valence-electron chi connectivity index (χ3n) is 7.23. The number of hydrogen-bond donors (Lipinski definition) is 0. The fraction of sp³-hybridized carbons (Fsp3) is 0.226. The van der Waals surface area contributed by atoms with Crippen molar-refractivity contribution >= 4 is 28.4 Å². The lowest BCUT2D eigenvalue weighted by Gasteiger charge is -2.19. The van der Waals surface area contributed by atoms with Crippen LogP contribution < -0.4 is 4.90 Å². The summed E-state index contributed by atoms with van der Waals surface area (Å²) in [6.45, 7) is 3.77. The van der Waals surface area contributed by atoms with E-state index < -0.39 is 0 Å². The van der Waals surface area contributed by atoms with Crippen molar-refractivity contribution < 1.29 is 9.59 Å². The normalized spacial score (nSPS) is 16.4. The molecule has 6 rings (SSSR count). The number of imide groups is 1. The Balaban J connectivity index is 1.18. The Hall–Kier alpha value is -3.96. The van der Waals surface area contributed by atoms with Crippen LogP contribution in [0.4, 0.5) is 10.5 Å². The molecular formula is C31H29N3O2. The standard InChI is InChI=1S/C31H29N3O2/c35-30-22-33(21-24-8-5-7-23(19-24)20-32-17-3-4-18-32)31(36)34(30)27-15-13-26(14-16-27)29-12-6-10-25-9-1-2-11-28(25)29/h1-2,5-16,19H,3-4,17-18,20-22H2. The van der Waals surface area contributed by atoms with Crippen LogP contribution in [0.25, 0.3) is 21.9 Å². The van der Waals surface area contributed by atoms with E-state index in [9.17, 15) is 9.59 Å². The van der Waals surface area contributed by atoms with Crippen LogP contribution >= 0.6 is 0 Å². The van der Waals surface area contributed by atoms with E-state index in [1.165, 1.54) is 34.1 Å². The zero-order chi connectivity index (χ0) is 24.5. The lowest BCUT2D eigenvalue weighted by Crippen LogP contribution is -2.32. The number of fused-ring (bicyclic) bond motifs is 1. The van der Waals surface area contributed by atoms with Crippen LogP contribution in [0.15, 0.2) is 91.0 Å². The molecule has 2 aliphatic rings. The van der Waals surface area contributed by atoms with E-state index in [1.54, 1.807) is 4.90 Å². The van der Waals surface area contributed by atoms with Crippen molar-refractivity contribution in [1.82, 2.24) is 9.80 Å². The molecular weight excluding hydrogens is 446 g/mol.